The number of benzene rings is 1. The van der Waals surface area contributed by atoms with Crippen molar-refractivity contribution < 1.29 is 14.6 Å². The van der Waals surface area contributed by atoms with Gasteiger partial charge < -0.3 is 14.7 Å². The number of rotatable bonds is 3. The molecule has 0 spiro atoms. The number of carbonyl (C=O) groups is 1. The molecule has 1 heterocycles. The Kier molecular flexibility index (Phi) is 3.49. The van der Waals surface area contributed by atoms with Gasteiger partial charge in [0.2, 0.25) is 0 Å². The Morgan fingerprint density at radius 1 is 1.61 bits per heavy atom. The standard InChI is InChI=1S/C13H14N2O3/c1-9(13(17)15-7-11(16)8-15)18-12-4-2-3-10(5-12)6-14/h2-5,9,11,16H,7-8H2,1H3. The molecule has 0 radical (unpaired) electrons. The van der Waals surface area contributed by atoms with E-state index in [1.54, 1.807) is 36.1 Å². The van der Waals surface area contributed by atoms with Gasteiger partial charge in [0.15, 0.2) is 6.10 Å². The molecular weight excluding hydrogens is 232 g/mol. The van der Waals surface area contributed by atoms with Crippen LogP contribution in [0.4, 0.5) is 0 Å². The molecule has 1 fully saturated rings. The molecule has 0 bridgehead atoms. The first kappa shape index (κ1) is 12.4. The first-order valence-electron chi connectivity index (χ1n) is 5.74. The van der Waals surface area contributed by atoms with Crippen LogP contribution in [0.25, 0.3) is 0 Å². The lowest BCUT2D eigenvalue weighted by molar-refractivity contribution is -0.148. The molecule has 1 aliphatic rings. The summed E-state index contributed by atoms with van der Waals surface area (Å²) in [5.74, 6) is 0.346. The van der Waals surface area contributed by atoms with Crippen molar-refractivity contribution in [2.45, 2.75) is 19.1 Å². The van der Waals surface area contributed by atoms with Crippen molar-refractivity contribution in [1.29, 1.82) is 5.26 Å². The summed E-state index contributed by atoms with van der Waals surface area (Å²) in [4.78, 5) is 13.4. The number of aliphatic hydroxyl groups is 1. The van der Waals surface area contributed by atoms with E-state index in [4.69, 9.17) is 15.1 Å². The molecule has 1 amide bonds. The maximum atomic E-state index is 11.9. The SMILES string of the molecule is CC(Oc1cccc(C#N)c1)C(=O)N1CC(O)C1. The lowest BCUT2D eigenvalue weighted by atomic mass is 10.1. The number of nitrogens with zero attached hydrogens (tertiary/aromatic N) is 2. The van der Waals surface area contributed by atoms with E-state index in [9.17, 15) is 4.79 Å². The third-order valence-corrected chi connectivity index (χ3v) is 2.80. The van der Waals surface area contributed by atoms with Gasteiger partial charge >= 0.3 is 0 Å². The van der Waals surface area contributed by atoms with Crippen molar-refractivity contribution >= 4 is 5.91 Å². The fourth-order valence-electron chi connectivity index (χ4n) is 1.79. The van der Waals surface area contributed by atoms with Crippen LogP contribution in [0.15, 0.2) is 24.3 Å². The largest absolute Gasteiger partial charge is 0.481 e. The Balaban J connectivity index is 1.96. The zero-order chi connectivity index (χ0) is 13.1. The Morgan fingerprint density at radius 2 is 2.33 bits per heavy atom. The third-order valence-electron chi connectivity index (χ3n) is 2.80. The summed E-state index contributed by atoms with van der Waals surface area (Å²) in [7, 11) is 0. The van der Waals surface area contributed by atoms with Crippen LogP contribution >= 0.6 is 0 Å². The van der Waals surface area contributed by atoms with Crippen molar-refractivity contribution in [3.05, 3.63) is 29.8 Å². The second-order valence-corrected chi connectivity index (χ2v) is 4.30. The minimum atomic E-state index is -0.619. The van der Waals surface area contributed by atoms with E-state index in [1.165, 1.54) is 0 Å². The summed E-state index contributed by atoms with van der Waals surface area (Å²) in [6.45, 7) is 2.39. The van der Waals surface area contributed by atoms with Crippen LogP contribution in [0.3, 0.4) is 0 Å². The predicted molar refractivity (Wildman–Crippen MR) is 63.8 cm³/mol. The molecule has 94 valence electrons. The number of β-amino-alcohol motifs (C(OH)–C–C–N with tert-alkyl or cyclic N) is 1. The second-order valence-electron chi connectivity index (χ2n) is 4.30. The maximum absolute atomic E-state index is 11.9. The van der Waals surface area contributed by atoms with Gasteiger partial charge in [0, 0.05) is 13.1 Å². The molecule has 1 N–H and O–H groups in total. The molecular formula is C13H14N2O3. The summed E-state index contributed by atoms with van der Waals surface area (Å²) in [5.41, 5.74) is 0.492. The summed E-state index contributed by atoms with van der Waals surface area (Å²) in [6, 6.07) is 8.69. The normalized spacial score (nSPS) is 16.6. The number of hydrogen-bond acceptors (Lipinski definition) is 4. The van der Waals surface area contributed by atoms with E-state index in [2.05, 4.69) is 0 Å². The number of likely N-dealkylation sites (tertiary alicyclic amines) is 1. The summed E-state index contributed by atoms with van der Waals surface area (Å²) in [5, 5.41) is 17.9. The lowest BCUT2D eigenvalue weighted by Crippen LogP contribution is -2.56. The quantitative estimate of drug-likeness (QED) is 0.844. The number of aliphatic hydroxyl groups excluding tert-OH is 1. The molecule has 1 aromatic carbocycles. The highest BCUT2D eigenvalue weighted by Gasteiger charge is 2.32. The minimum absolute atomic E-state index is 0.150. The van der Waals surface area contributed by atoms with E-state index >= 15 is 0 Å². The van der Waals surface area contributed by atoms with Gasteiger partial charge in [-0.05, 0) is 25.1 Å². The molecule has 1 atom stereocenters. The van der Waals surface area contributed by atoms with Crippen molar-refractivity contribution in [3.8, 4) is 11.8 Å². The van der Waals surface area contributed by atoms with Gasteiger partial charge in [0.05, 0.1) is 17.7 Å². The lowest BCUT2D eigenvalue weighted by Gasteiger charge is -2.37. The fraction of sp³-hybridized carbons (Fsp3) is 0.385. The van der Waals surface area contributed by atoms with Crippen LogP contribution in [-0.2, 0) is 4.79 Å². The molecule has 0 aliphatic carbocycles. The fourth-order valence-corrected chi connectivity index (χ4v) is 1.79. The Labute approximate surface area is 105 Å². The molecule has 0 aromatic heterocycles. The number of hydrogen-bond donors (Lipinski definition) is 1. The Morgan fingerprint density at radius 3 is 2.94 bits per heavy atom. The van der Waals surface area contributed by atoms with Crippen LogP contribution in [0.2, 0.25) is 0 Å². The smallest absolute Gasteiger partial charge is 0.263 e. The molecule has 1 aliphatic heterocycles. The maximum Gasteiger partial charge on any atom is 0.263 e. The highest BCUT2D eigenvalue weighted by molar-refractivity contribution is 5.81. The molecule has 18 heavy (non-hydrogen) atoms. The molecule has 1 aromatic rings. The first-order chi connectivity index (χ1) is 8.60. The monoisotopic (exact) mass is 246 g/mol. The summed E-state index contributed by atoms with van der Waals surface area (Å²) in [6.07, 6.45) is -1.03. The van der Waals surface area contributed by atoms with Gasteiger partial charge in [0.25, 0.3) is 5.91 Å². The number of carbonyl (C=O) groups excluding carboxylic acids is 1. The zero-order valence-corrected chi connectivity index (χ0v) is 10.0. The minimum Gasteiger partial charge on any atom is -0.481 e. The second kappa shape index (κ2) is 5.07. The van der Waals surface area contributed by atoms with Crippen molar-refractivity contribution in [2.75, 3.05) is 13.1 Å². The zero-order valence-electron chi connectivity index (χ0n) is 10.0. The van der Waals surface area contributed by atoms with E-state index in [-0.39, 0.29) is 5.91 Å². The number of nitriles is 1. The van der Waals surface area contributed by atoms with Crippen LogP contribution in [0, 0.1) is 11.3 Å². The van der Waals surface area contributed by atoms with Crippen molar-refractivity contribution in [1.82, 2.24) is 4.90 Å². The summed E-state index contributed by atoms with van der Waals surface area (Å²) < 4.78 is 5.49. The molecule has 0 saturated carbocycles. The predicted octanol–water partition coefficient (Wildman–Crippen LogP) is 0.529. The highest BCUT2D eigenvalue weighted by Crippen LogP contribution is 2.17. The van der Waals surface area contributed by atoms with Gasteiger partial charge in [-0.2, -0.15) is 5.26 Å². The first-order valence-corrected chi connectivity index (χ1v) is 5.74. The third kappa shape index (κ3) is 2.60. The van der Waals surface area contributed by atoms with Crippen LogP contribution in [0.5, 0.6) is 5.75 Å². The Bertz CT molecular complexity index is 489. The van der Waals surface area contributed by atoms with Crippen LogP contribution in [-0.4, -0.2) is 41.2 Å². The van der Waals surface area contributed by atoms with Gasteiger partial charge in [-0.15, -0.1) is 0 Å². The van der Waals surface area contributed by atoms with Gasteiger partial charge in [0.1, 0.15) is 5.75 Å². The van der Waals surface area contributed by atoms with E-state index in [0.717, 1.165) is 0 Å². The van der Waals surface area contributed by atoms with E-state index in [1.807, 2.05) is 6.07 Å². The number of ether oxygens (including phenoxy) is 1. The number of amides is 1. The molecule has 1 unspecified atom stereocenters. The van der Waals surface area contributed by atoms with Crippen LogP contribution in [0.1, 0.15) is 12.5 Å². The molecule has 1 saturated heterocycles. The summed E-state index contributed by atoms with van der Waals surface area (Å²) >= 11 is 0. The molecule has 5 heteroatoms. The van der Waals surface area contributed by atoms with Crippen LogP contribution < -0.4 is 4.74 Å². The molecule has 5 nitrogen and oxygen atoms in total. The topological polar surface area (TPSA) is 73.6 Å². The van der Waals surface area contributed by atoms with E-state index < -0.39 is 12.2 Å². The van der Waals surface area contributed by atoms with Gasteiger partial charge in [-0.3, -0.25) is 4.79 Å². The van der Waals surface area contributed by atoms with E-state index in [0.29, 0.717) is 24.4 Å². The average Bonchev–Trinajstić information content (AvgIpc) is 2.34. The average molecular weight is 246 g/mol. The highest BCUT2D eigenvalue weighted by atomic mass is 16.5. The van der Waals surface area contributed by atoms with Gasteiger partial charge in [-0.1, -0.05) is 6.07 Å². The van der Waals surface area contributed by atoms with Crippen molar-refractivity contribution in [2.24, 2.45) is 0 Å². The van der Waals surface area contributed by atoms with Crippen molar-refractivity contribution in [3.63, 3.8) is 0 Å². The molecule has 2 rings (SSSR count). The van der Waals surface area contributed by atoms with Gasteiger partial charge in [-0.25, -0.2) is 0 Å². The Hall–Kier alpha value is -2.06.